The molecule has 0 saturated heterocycles. The molecule has 1 fully saturated rings. The third kappa shape index (κ3) is 4.37. The zero-order valence-electron chi connectivity index (χ0n) is 13.5. The third-order valence-electron chi connectivity index (χ3n) is 4.01. The number of hydrogen-bond acceptors (Lipinski definition) is 4. The Bertz CT molecular complexity index is 572. The zero-order chi connectivity index (χ0) is 16.8. The maximum atomic E-state index is 12.5. The van der Waals surface area contributed by atoms with Crippen molar-refractivity contribution in [2.24, 2.45) is 5.92 Å². The molecule has 23 heavy (non-hydrogen) atoms. The fourth-order valence-electron chi connectivity index (χ4n) is 2.75. The number of nitrogens with one attached hydrogen (secondary N) is 1. The van der Waals surface area contributed by atoms with E-state index < -0.39 is 5.97 Å². The lowest BCUT2D eigenvalue weighted by Gasteiger charge is -2.16. The van der Waals surface area contributed by atoms with Crippen molar-refractivity contribution in [1.29, 1.82) is 0 Å². The molecule has 2 atom stereocenters. The fourth-order valence-corrected chi connectivity index (χ4v) is 2.75. The van der Waals surface area contributed by atoms with Gasteiger partial charge in [-0.1, -0.05) is 6.92 Å². The summed E-state index contributed by atoms with van der Waals surface area (Å²) in [7, 11) is 1.56. The van der Waals surface area contributed by atoms with Crippen LogP contribution in [0, 0.1) is 5.92 Å². The Labute approximate surface area is 135 Å². The molecule has 0 unspecified atom stereocenters. The van der Waals surface area contributed by atoms with E-state index in [-0.39, 0.29) is 17.9 Å². The number of carboxylic acid groups (broad SMARTS) is 1. The zero-order valence-corrected chi connectivity index (χ0v) is 13.5. The summed E-state index contributed by atoms with van der Waals surface area (Å²) in [6, 6.07) is 4.97. The van der Waals surface area contributed by atoms with Gasteiger partial charge in [0, 0.05) is 12.1 Å². The smallest absolute Gasteiger partial charge is 0.306 e. The van der Waals surface area contributed by atoms with E-state index in [0.29, 0.717) is 42.9 Å². The van der Waals surface area contributed by atoms with Gasteiger partial charge in [-0.3, -0.25) is 9.59 Å². The molecule has 0 aromatic heterocycles. The summed E-state index contributed by atoms with van der Waals surface area (Å²) in [6.45, 7) is 2.50. The van der Waals surface area contributed by atoms with Gasteiger partial charge < -0.3 is 19.9 Å². The minimum absolute atomic E-state index is 0.107. The van der Waals surface area contributed by atoms with Crippen LogP contribution in [0.5, 0.6) is 11.5 Å². The molecule has 1 saturated carbocycles. The second-order valence-electron chi connectivity index (χ2n) is 5.73. The van der Waals surface area contributed by atoms with Gasteiger partial charge in [-0.25, -0.2) is 0 Å². The number of carbonyl (C=O) groups is 2. The van der Waals surface area contributed by atoms with Crippen LogP contribution < -0.4 is 14.8 Å². The van der Waals surface area contributed by atoms with Crippen molar-refractivity contribution < 1.29 is 24.2 Å². The second kappa shape index (κ2) is 7.85. The maximum absolute atomic E-state index is 12.5. The largest absolute Gasteiger partial charge is 0.497 e. The average molecular weight is 321 g/mol. The molecule has 1 aromatic rings. The lowest BCUT2D eigenvalue weighted by atomic mass is 10.1. The number of carbonyl (C=O) groups excluding carboxylic acids is 1. The van der Waals surface area contributed by atoms with E-state index in [2.05, 4.69) is 5.32 Å². The van der Waals surface area contributed by atoms with Crippen LogP contribution in [0.15, 0.2) is 18.2 Å². The van der Waals surface area contributed by atoms with Gasteiger partial charge in [0.15, 0.2) is 0 Å². The first-order chi connectivity index (χ1) is 11.0. The molecule has 2 rings (SSSR count). The number of methoxy groups -OCH3 is 1. The highest BCUT2D eigenvalue weighted by Gasteiger charge is 2.31. The Balaban J connectivity index is 2.07. The Morgan fingerprint density at radius 3 is 2.74 bits per heavy atom. The number of benzene rings is 1. The van der Waals surface area contributed by atoms with Gasteiger partial charge in [0.25, 0.3) is 5.91 Å². The normalized spacial score (nSPS) is 20.1. The minimum Gasteiger partial charge on any atom is -0.497 e. The first kappa shape index (κ1) is 17.1. The van der Waals surface area contributed by atoms with Gasteiger partial charge in [-0.15, -0.1) is 0 Å². The van der Waals surface area contributed by atoms with Gasteiger partial charge in [-0.2, -0.15) is 0 Å². The highest BCUT2D eigenvalue weighted by Crippen LogP contribution is 2.28. The van der Waals surface area contributed by atoms with E-state index in [1.165, 1.54) is 0 Å². The van der Waals surface area contributed by atoms with Gasteiger partial charge in [-0.05, 0) is 37.8 Å². The molecule has 0 spiro atoms. The first-order valence-electron chi connectivity index (χ1n) is 7.89. The summed E-state index contributed by atoms with van der Waals surface area (Å²) in [4.78, 5) is 23.5. The van der Waals surface area contributed by atoms with E-state index >= 15 is 0 Å². The monoisotopic (exact) mass is 321 g/mol. The predicted molar refractivity (Wildman–Crippen MR) is 85.0 cm³/mol. The van der Waals surface area contributed by atoms with Crippen LogP contribution in [0.4, 0.5) is 0 Å². The van der Waals surface area contributed by atoms with Crippen molar-refractivity contribution in [3.63, 3.8) is 0 Å². The maximum Gasteiger partial charge on any atom is 0.306 e. The number of amides is 1. The molecule has 1 aliphatic carbocycles. The summed E-state index contributed by atoms with van der Waals surface area (Å²) in [5.74, 6) is -0.295. The van der Waals surface area contributed by atoms with E-state index in [0.717, 1.165) is 6.42 Å². The van der Waals surface area contributed by atoms with E-state index in [9.17, 15) is 9.59 Å². The molecular weight excluding hydrogens is 298 g/mol. The van der Waals surface area contributed by atoms with Crippen LogP contribution >= 0.6 is 0 Å². The topological polar surface area (TPSA) is 84.9 Å². The van der Waals surface area contributed by atoms with Crippen molar-refractivity contribution in [2.45, 2.75) is 38.6 Å². The molecule has 0 aliphatic heterocycles. The summed E-state index contributed by atoms with van der Waals surface area (Å²) in [5.41, 5.74) is 0.443. The van der Waals surface area contributed by atoms with Crippen molar-refractivity contribution >= 4 is 11.9 Å². The van der Waals surface area contributed by atoms with E-state index in [1.807, 2.05) is 6.92 Å². The Morgan fingerprint density at radius 1 is 1.35 bits per heavy atom. The van der Waals surface area contributed by atoms with Crippen molar-refractivity contribution in [1.82, 2.24) is 5.32 Å². The van der Waals surface area contributed by atoms with Crippen LogP contribution in [-0.2, 0) is 4.79 Å². The number of carboxylic acids is 1. The molecule has 1 aliphatic rings. The lowest BCUT2D eigenvalue weighted by Crippen LogP contribution is -2.33. The molecule has 0 bridgehead atoms. The third-order valence-corrected chi connectivity index (χ3v) is 4.01. The van der Waals surface area contributed by atoms with Gasteiger partial charge in [0.1, 0.15) is 11.5 Å². The molecule has 0 radical (unpaired) electrons. The Kier molecular flexibility index (Phi) is 5.84. The van der Waals surface area contributed by atoms with Gasteiger partial charge in [0.2, 0.25) is 0 Å². The summed E-state index contributed by atoms with van der Waals surface area (Å²) in [6.07, 6.45) is 2.59. The quantitative estimate of drug-likeness (QED) is 0.806. The molecule has 1 amide bonds. The lowest BCUT2D eigenvalue weighted by molar-refractivity contribution is -0.141. The first-order valence-corrected chi connectivity index (χ1v) is 7.89. The predicted octanol–water partition coefficient (Wildman–Crippen LogP) is 2.47. The van der Waals surface area contributed by atoms with Crippen LogP contribution in [0.2, 0.25) is 0 Å². The van der Waals surface area contributed by atoms with Crippen LogP contribution in [0.3, 0.4) is 0 Å². The number of rotatable bonds is 7. The summed E-state index contributed by atoms with van der Waals surface area (Å²) in [5, 5.41) is 11.9. The standard InChI is InChI=1S/C17H23NO5/c1-3-8-23-15-10-13(22-2)6-7-14(15)16(19)18-12-5-4-11(9-12)17(20)21/h6-7,10-12H,3-5,8-9H2,1-2H3,(H,18,19)(H,20,21)/t11-,12+/m1/s1. The molecule has 6 heteroatoms. The molecule has 2 N–H and O–H groups in total. The molecule has 126 valence electrons. The second-order valence-corrected chi connectivity index (χ2v) is 5.73. The average Bonchev–Trinajstić information content (AvgIpc) is 3.01. The van der Waals surface area contributed by atoms with Gasteiger partial charge >= 0.3 is 5.97 Å². The van der Waals surface area contributed by atoms with Gasteiger partial charge in [0.05, 0.1) is 25.2 Å². The SMILES string of the molecule is CCCOc1cc(OC)ccc1C(=O)N[C@H]1CC[C@@H](C(=O)O)C1. The summed E-state index contributed by atoms with van der Waals surface area (Å²) < 4.78 is 10.8. The Morgan fingerprint density at radius 2 is 2.13 bits per heavy atom. The van der Waals surface area contributed by atoms with Crippen LogP contribution in [-0.4, -0.2) is 36.7 Å². The molecular formula is C17H23NO5. The van der Waals surface area contributed by atoms with Crippen molar-refractivity contribution in [3.05, 3.63) is 23.8 Å². The molecule has 1 aromatic carbocycles. The fraction of sp³-hybridized carbons (Fsp3) is 0.529. The van der Waals surface area contributed by atoms with Crippen molar-refractivity contribution in [3.8, 4) is 11.5 Å². The minimum atomic E-state index is -0.793. The van der Waals surface area contributed by atoms with E-state index in [4.69, 9.17) is 14.6 Å². The number of aliphatic carboxylic acids is 1. The Hall–Kier alpha value is -2.24. The highest BCUT2D eigenvalue weighted by atomic mass is 16.5. The van der Waals surface area contributed by atoms with Crippen LogP contribution in [0.1, 0.15) is 43.0 Å². The molecule has 0 heterocycles. The molecule has 6 nitrogen and oxygen atoms in total. The van der Waals surface area contributed by atoms with E-state index in [1.54, 1.807) is 25.3 Å². The highest BCUT2D eigenvalue weighted by molar-refractivity contribution is 5.97. The summed E-state index contributed by atoms with van der Waals surface area (Å²) >= 11 is 0. The van der Waals surface area contributed by atoms with Crippen molar-refractivity contribution in [2.75, 3.05) is 13.7 Å². The number of hydrogen-bond donors (Lipinski definition) is 2. The van der Waals surface area contributed by atoms with Crippen LogP contribution in [0.25, 0.3) is 0 Å². The number of ether oxygens (including phenoxy) is 2.